The van der Waals surface area contributed by atoms with Crippen molar-refractivity contribution < 1.29 is 9.13 Å². The molecule has 0 spiro atoms. The molecule has 0 fully saturated rings. The molecule has 1 aromatic heterocycles. The number of pyridine rings is 1. The molecule has 4 nitrogen and oxygen atoms in total. The van der Waals surface area contributed by atoms with E-state index in [1.807, 2.05) is 13.8 Å². The van der Waals surface area contributed by atoms with Gasteiger partial charge in [-0.3, -0.25) is 16.3 Å². The van der Waals surface area contributed by atoms with Crippen molar-refractivity contribution in [2.45, 2.75) is 38.3 Å². The van der Waals surface area contributed by atoms with Gasteiger partial charge in [0.1, 0.15) is 5.82 Å². The molecule has 0 bridgehead atoms. The summed E-state index contributed by atoms with van der Waals surface area (Å²) in [6, 6.07) is 1.14. The van der Waals surface area contributed by atoms with E-state index < -0.39 is 5.60 Å². The molecular weight excluding hydrogens is 221 g/mol. The van der Waals surface area contributed by atoms with E-state index in [-0.39, 0.29) is 11.9 Å². The van der Waals surface area contributed by atoms with Gasteiger partial charge in [-0.1, -0.05) is 13.8 Å². The molecule has 0 aliphatic heterocycles. The number of hydrogen-bond donors (Lipinski definition) is 2. The lowest BCUT2D eigenvalue weighted by Gasteiger charge is -2.38. The molecule has 0 radical (unpaired) electrons. The van der Waals surface area contributed by atoms with Crippen LogP contribution < -0.4 is 11.3 Å². The fourth-order valence-corrected chi connectivity index (χ4v) is 2.20. The summed E-state index contributed by atoms with van der Waals surface area (Å²) < 4.78 is 18.8. The zero-order chi connectivity index (χ0) is 12.9. The molecule has 17 heavy (non-hydrogen) atoms. The van der Waals surface area contributed by atoms with E-state index in [0.29, 0.717) is 5.56 Å². The molecule has 1 atom stereocenters. The van der Waals surface area contributed by atoms with Crippen LogP contribution in [-0.4, -0.2) is 17.7 Å². The first kappa shape index (κ1) is 14.0. The van der Waals surface area contributed by atoms with Crippen LogP contribution >= 0.6 is 0 Å². The number of nitrogens with one attached hydrogen (secondary N) is 1. The normalized spacial score (nSPS) is 13.7. The minimum atomic E-state index is -0.454. The molecule has 1 aromatic rings. The average Bonchev–Trinajstić information content (AvgIpc) is 2.36. The van der Waals surface area contributed by atoms with Gasteiger partial charge in [-0.15, -0.1) is 0 Å². The molecule has 1 rings (SSSR count). The molecule has 1 heterocycles. The van der Waals surface area contributed by atoms with Crippen LogP contribution in [0.3, 0.4) is 0 Å². The first-order valence-electron chi connectivity index (χ1n) is 5.75. The van der Waals surface area contributed by atoms with Crippen LogP contribution in [0.25, 0.3) is 0 Å². The Hall–Kier alpha value is -1.04. The van der Waals surface area contributed by atoms with Crippen LogP contribution in [-0.2, 0) is 4.74 Å². The number of nitrogens with two attached hydrogens (primary N) is 1. The number of hydrogen-bond acceptors (Lipinski definition) is 4. The first-order valence-corrected chi connectivity index (χ1v) is 5.75. The van der Waals surface area contributed by atoms with E-state index in [9.17, 15) is 4.39 Å². The summed E-state index contributed by atoms with van der Waals surface area (Å²) in [7, 11) is 1.64. The highest BCUT2D eigenvalue weighted by molar-refractivity contribution is 5.19. The molecular formula is C12H20FN3O. The Labute approximate surface area is 101 Å². The lowest BCUT2D eigenvalue weighted by molar-refractivity contribution is -0.0488. The molecule has 0 amide bonds. The van der Waals surface area contributed by atoms with Crippen molar-refractivity contribution >= 4 is 0 Å². The minimum Gasteiger partial charge on any atom is -0.376 e. The van der Waals surface area contributed by atoms with Crippen LogP contribution in [0.1, 0.15) is 38.3 Å². The highest BCUT2D eigenvalue weighted by atomic mass is 19.1. The number of rotatable bonds is 6. The van der Waals surface area contributed by atoms with Gasteiger partial charge in [-0.25, -0.2) is 4.39 Å². The van der Waals surface area contributed by atoms with Crippen molar-refractivity contribution in [1.29, 1.82) is 0 Å². The molecule has 3 N–H and O–H groups in total. The molecule has 1 unspecified atom stereocenters. The molecule has 5 heteroatoms. The molecule has 0 aliphatic carbocycles. The molecule has 96 valence electrons. The summed E-state index contributed by atoms with van der Waals surface area (Å²) >= 11 is 0. The third-order valence-electron chi connectivity index (χ3n) is 3.36. The highest BCUT2D eigenvalue weighted by Gasteiger charge is 2.36. The van der Waals surface area contributed by atoms with Crippen molar-refractivity contribution in [1.82, 2.24) is 10.4 Å². The Morgan fingerprint density at radius 3 is 2.53 bits per heavy atom. The smallest absolute Gasteiger partial charge is 0.141 e. The largest absolute Gasteiger partial charge is 0.376 e. The Morgan fingerprint density at radius 2 is 2.12 bits per heavy atom. The van der Waals surface area contributed by atoms with Crippen molar-refractivity contribution in [2.24, 2.45) is 5.84 Å². The highest BCUT2D eigenvalue weighted by Crippen LogP contribution is 2.34. The van der Waals surface area contributed by atoms with Gasteiger partial charge in [0.2, 0.25) is 0 Å². The van der Waals surface area contributed by atoms with Crippen LogP contribution in [0.15, 0.2) is 18.5 Å². The van der Waals surface area contributed by atoms with Crippen molar-refractivity contribution in [3.8, 4) is 0 Å². The quantitative estimate of drug-likeness (QED) is 0.590. The van der Waals surface area contributed by atoms with Gasteiger partial charge in [-0.2, -0.15) is 0 Å². The standard InChI is InChI=1S/C12H20FN3O/c1-4-12(5-2,17-3)11(16-14)9-6-10(13)8-15-7-9/h6-8,11,16H,4-5,14H2,1-3H3. The van der Waals surface area contributed by atoms with Crippen molar-refractivity contribution in [3.63, 3.8) is 0 Å². The summed E-state index contributed by atoms with van der Waals surface area (Å²) in [4.78, 5) is 3.84. The molecule has 0 aromatic carbocycles. The van der Waals surface area contributed by atoms with Gasteiger partial charge >= 0.3 is 0 Å². The maximum atomic E-state index is 13.2. The van der Waals surface area contributed by atoms with Crippen molar-refractivity contribution in [3.05, 3.63) is 29.8 Å². The third kappa shape index (κ3) is 2.80. The summed E-state index contributed by atoms with van der Waals surface area (Å²) in [6.45, 7) is 4.04. The third-order valence-corrected chi connectivity index (χ3v) is 3.36. The van der Waals surface area contributed by atoms with Crippen LogP contribution in [0, 0.1) is 5.82 Å². The SMILES string of the molecule is CCC(CC)(OC)C(NN)c1cncc(F)c1. The monoisotopic (exact) mass is 241 g/mol. The van der Waals surface area contributed by atoms with Crippen molar-refractivity contribution in [2.75, 3.05) is 7.11 Å². The minimum absolute atomic E-state index is 0.286. The predicted octanol–water partition coefficient (Wildman–Crippen LogP) is 1.93. The summed E-state index contributed by atoms with van der Waals surface area (Å²) in [5.41, 5.74) is 2.95. The number of nitrogens with zero attached hydrogens (tertiary/aromatic N) is 1. The maximum Gasteiger partial charge on any atom is 0.141 e. The number of ether oxygens (including phenoxy) is 1. The Bertz CT molecular complexity index is 347. The van der Waals surface area contributed by atoms with Gasteiger partial charge in [0.15, 0.2) is 0 Å². The summed E-state index contributed by atoms with van der Waals surface area (Å²) in [5, 5.41) is 0. The fourth-order valence-electron chi connectivity index (χ4n) is 2.20. The number of methoxy groups -OCH3 is 1. The number of halogens is 1. The molecule has 0 saturated heterocycles. The number of aromatic nitrogens is 1. The van der Waals surface area contributed by atoms with E-state index in [1.165, 1.54) is 12.3 Å². The Balaban J connectivity index is 3.13. The lowest BCUT2D eigenvalue weighted by Crippen LogP contribution is -2.47. The molecule has 0 saturated carbocycles. The van der Waals surface area contributed by atoms with E-state index in [4.69, 9.17) is 10.6 Å². The van der Waals surface area contributed by atoms with E-state index in [1.54, 1.807) is 13.3 Å². The maximum absolute atomic E-state index is 13.2. The fraction of sp³-hybridized carbons (Fsp3) is 0.583. The first-order chi connectivity index (χ1) is 8.13. The predicted molar refractivity (Wildman–Crippen MR) is 64.6 cm³/mol. The Kier molecular flexibility index (Phi) is 4.99. The average molecular weight is 241 g/mol. The second-order valence-corrected chi connectivity index (χ2v) is 4.01. The van der Waals surface area contributed by atoms with E-state index in [2.05, 4.69) is 10.4 Å². The lowest BCUT2D eigenvalue weighted by atomic mass is 9.85. The second kappa shape index (κ2) is 6.05. The van der Waals surface area contributed by atoms with Crippen LogP contribution in [0.2, 0.25) is 0 Å². The van der Waals surface area contributed by atoms with Gasteiger partial charge in [0.25, 0.3) is 0 Å². The zero-order valence-electron chi connectivity index (χ0n) is 10.5. The zero-order valence-corrected chi connectivity index (χ0v) is 10.5. The second-order valence-electron chi connectivity index (χ2n) is 4.01. The van der Waals surface area contributed by atoms with Crippen LogP contribution in [0.4, 0.5) is 4.39 Å². The van der Waals surface area contributed by atoms with Gasteiger partial charge in [-0.05, 0) is 24.5 Å². The summed E-state index contributed by atoms with van der Waals surface area (Å²) in [6.07, 6.45) is 4.31. The topological polar surface area (TPSA) is 60.2 Å². The van der Waals surface area contributed by atoms with E-state index in [0.717, 1.165) is 12.8 Å². The van der Waals surface area contributed by atoms with Gasteiger partial charge in [0.05, 0.1) is 17.8 Å². The number of hydrazine groups is 1. The van der Waals surface area contributed by atoms with E-state index >= 15 is 0 Å². The van der Waals surface area contributed by atoms with Crippen LogP contribution in [0.5, 0.6) is 0 Å². The Morgan fingerprint density at radius 1 is 1.47 bits per heavy atom. The summed E-state index contributed by atoms with van der Waals surface area (Å²) in [5.74, 6) is 5.21. The van der Waals surface area contributed by atoms with Gasteiger partial charge < -0.3 is 4.74 Å². The van der Waals surface area contributed by atoms with Gasteiger partial charge in [0, 0.05) is 13.3 Å². The molecule has 0 aliphatic rings.